The van der Waals surface area contributed by atoms with Crippen molar-refractivity contribution in [2.24, 2.45) is 0 Å². The Hall–Kier alpha value is -2.35. The van der Waals surface area contributed by atoms with E-state index in [0.29, 0.717) is 44.9 Å². The first kappa shape index (κ1) is 16.5. The van der Waals surface area contributed by atoms with Gasteiger partial charge in [0, 0.05) is 19.5 Å². The first-order valence-corrected chi connectivity index (χ1v) is 8.10. The highest BCUT2D eigenvalue weighted by Gasteiger charge is 2.36. The normalized spacial score (nSPS) is 21.2. The van der Waals surface area contributed by atoms with Gasteiger partial charge in [-0.05, 0) is 18.6 Å². The highest BCUT2D eigenvalue weighted by molar-refractivity contribution is 5.92. The number of morpholine rings is 1. The summed E-state index contributed by atoms with van der Waals surface area (Å²) >= 11 is 0. The fourth-order valence-corrected chi connectivity index (χ4v) is 2.98. The van der Waals surface area contributed by atoms with Crippen LogP contribution in [0.3, 0.4) is 0 Å². The van der Waals surface area contributed by atoms with E-state index in [-0.39, 0.29) is 30.8 Å². The Morgan fingerprint density at radius 3 is 2.79 bits per heavy atom. The number of nitrogens with zero attached hydrogens (tertiary/aromatic N) is 2. The standard InChI is InChI=1S/C16H21N3O5/c20-14-4-3-13(19(14)11-12-2-1-7-24-12)16(22)17-10-15(21)18-5-8-23-9-6-18/h1-2,7,13H,3-6,8-11H2,(H,17,22)/t13-/m0/s1. The van der Waals surface area contributed by atoms with E-state index in [0.717, 1.165) is 0 Å². The summed E-state index contributed by atoms with van der Waals surface area (Å²) in [5, 5.41) is 2.66. The van der Waals surface area contributed by atoms with E-state index in [4.69, 9.17) is 9.15 Å². The van der Waals surface area contributed by atoms with Crippen molar-refractivity contribution in [3.63, 3.8) is 0 Å². The van der Waals surface area contributed by atoms with Crippen molar-refractivity contribution >= 4 is 17.7 Å². The second-order valence-corrected chi connectivity index (χ2v) is 5.87. The maximum absolute atomic E-state index is 12.4. The van der Waals surface area contributed by atoms with E-state index in [1.807, 2.05) is 0 Å². The number of nitrogens with one attached hydrogen (secondary N) is 1. The monoisotopic (exact) mass is 335 g/mol. The number of likely N-dealkylation sites (tertiary alicyclic amines) is 1. The molecule has 0 aromatic carbocycles. The molecule has 3 rings (SSSR count). The summed E-state index contributed by atoms with van der Waals surface area (Å²) < 4.78 is 10.4. The molecule has 0 radical (unpaired) electrons. The van der Waals surface area contributed by atoms with Crippen LogP contribution in [-0.4, -0.2) is 66.4 Å². The zero-order valence-electron chi connectivity index (χ0n) is 13.4. The van der Waals surface area contributed by atoms with Gasteiger partial charge in [-0.2, -0.15) is 0 Å². The molecule has 0 aliphatic carbocycles. The SMILES string of the molecule is O=C(NCC(=O)N1CCOCC1)[C@@H]1CCC(=O)N1Cc1ccco1. The van der Waals surface area contributed by atoms with Crippen LogP contribution < -0.4 is 5.32 Å². The van der Waals surface area contributed by atoms with Crippen molar-refractivity contribution in [3.8, 4) is 0 Å². The van der Waals surface area contributed by atoms with Crippen molar-refractivity contribution in [2.45, 2.75) is 25.4 Å². The van der Waals surface area contributed by atoms with Gasteiger partial charge in [-0.25, -0.2) is 0 Å². The van der Waals surface area contributed by atoms with Gasteiger partial charge < -0.3 is 24.3 Å². The minimum atomic E-state index is -0.555. The molecule has 1 N–H and O–H groups in total. The number of amides is 3. The maximum atomic E-state index is 12.4. The highest BCUT2D eigenvalue weighted by Crippen LogP contribution is 2.21. The smallest absolute Gasteiger partial charge is 0.243 e. The Bertz CT molecular complexity index is 595. The third-order valence-electron chi connectivity index (χ3n) is 4.31. The van der Waals surface area contributed by atoms with Crippen LogP contribution in [0, 0.1) is 0 Å². The second kappa shape index (κ2) is 7.48. The predicted molar refractivity (Wildman–Crippen MR) is 82.7 cm³/mol. The Morgan fingerprint density at radius 2 is 2.08 bits per heavy atom. The number of ether oxygens (including phenoxy) is 1. The van der Waals surface area contributed by atoms with Crippen molar-refractivity contribution in [1.29, 1.82) is 0 Å². The van der Waals surface area contributed by atoms with Crippen molar-refractivity contribution in [2.75, 3.05) is 32.8 Å². The Kier molecular flexibility index (Phi) is 5.14. The Labute approximate surface area is 139 Å². The molecule has 1 atom stereocenters. The fraction of sp³-hybridized carbons (Fsp3) is 0.562. The molecule has 2 fully saturated rings. The molecule has 8 heteroatoms. The topological polar surface area (TPSA) is 92.1 Å². The Morgan fingerprint density at radius 1 is 1.29 bits per heavy atom. The molecule has 2 saturated heterocycles. The van der Waals surface area contributed by atoms with Crippen LogP contribution in [0.15, 0.2) is 22.8 Å². The highest BCUT2D eigenvalue weighted by atomic mass is 16.5. The van der Waals surface area contributed by atoms with Crippen LogP contribution in [0.2, 0.25) is 0 Å². The van der Waals surface area contributed by atoms with E-state index < -0.39 is 6.04 Å². The van der Waals surface area contributed by atoms with E-state index in [1.54, 1.807) is 17.0 Å². The Balaban J connectivity index is 1.53. The molecule has 24 heavy (non-hydrogen) atoms. The van der Waals surface area contributed by atoms with E-state index >= 15 is 0 Å². The average Bonchev–Trinajstić information content (AvgIpc) is 3.24. The number of carbonyl (C=O) groups is 3. The summed E-state index contributed by atoms with van der Waals surface area (Å²) in [4.78, 5) is 39.7. The van der Waals surface area contributed by atoms with Crippen molar-refractivity contribution in [3.05, 3.63) is 24.2 Å². The molecule has 1 aromatic rings. The fourth-order valence-electron chi connectivity index (χ4n) is 2.98. The van der Waals surface area contributed by atoms with Gasteiger partial charge in [0.05, 0.1) is 32.6 Å². The number of hydrogen-bond acceptors (Lipinski definition) is 5. The average molecular weight is 335 g/mol. The van der Waals surface area contributed by atoms with E-state index in [1.165, 1.54) is 11.2 Å². The van der Waals surface area contributed by atoms with Gasteiger partial charge in [-0.15, -0.1) is 0 Å². The third kappa shape index (κ3) is 3.76. The lowest BCUT2D eigenvalue weighted by Gasteiger charge is -2.27. The summed E-state index contributed by atoms with van der Waals surface area (Å²) in [6.45, 7) is 2.34. The maximum Gasteiger partial charge on any atom is 0.243 e. The van der Waals surface area contributed by atoms with E-state index in [9.17, 15) is 14.4 Å². The van der Waals surface area contributed by atoms with Gasteiger partial charge in [0.25, 0.3) is 0 Å². The van der Waals surface area contributed by atoms with Crippen LogP contribution in [-0.2, 0) is 25.7 Å². The van der Waals surface area contributed by atoms with Crippen molar-refractivity contribution < 1.29 is 23.5 Å². The lowest BCUT2D eigenvalue weighted by Crippen LogP contribution is -2.49. The summed E-state index contributed by atoms with van der Waals surface area (Å²) in [7, 11) is 0. The molecule has 0 spiro atoms. The van der Waals surface area contributed by atoms with Gasteiger partial charge in [0.2, 0.25) is 17.7 Å². The zero-order valence-corrected chi connectivity index (χ0v) is 13.4. The van der Waals surface area contributed by atoms with Gasteiger partial charge in [0.15, 0.2) is 0 Å². The van der Waals surface area contributed by atoms with Gasteiger partial charge in [-0.3, -0.25) is 14.4 Å². The molecule has 8 nitrogen and oxygen atoms in total. The van der Waals surface area contributed by atoms with Gasteiger partial charge in [0.1, 0.15) is 11.8 Å². The minimum absolute atomic E-state index is 0.0574. The van der Waals surface area contributed by atoms with Crippen LogP contribution in [0.4, 0.5) is 0 Å². The first-order chi connectivity index (χ1) is 11.6. The first-order valence-electron chi connectivity index (χ1n) is 8.10. The molecule has 3 amide bonds. The molecule has 0 unspecified atom stereocenters. The molecule has 1 aromatic heterocycles. The molecule has 2 aliphatic heterocycles. The van der Waals surface area contributed by atoms with Crippen LogP contribution in [0.25, 0.3) is 0 Å². The largest absolute Gasteiger partial charge is 0.467 e. The quantitative estimate of drug-likeness (QED) is 0.801. The predicted octanol–water partition coefficient (Wildman–Crippen LogP) is -0.254. The molecule has 3 heterocycles. The molecule has 0 bridgehead atoms. The minimum Gasteiger partial charge on any atom is -0.467 e. The van der Waals surface area contributed by atoms with Crippen molar-refractivity contribution in [1.82, 2.24) is 15.1 Å². The zero-order chi connectivity index (χ0) is 16.9. The summed E-state index contributed by atoms with van der Waals surface area (Å²) in [6.07, 6.45) is 2.32. The number of hydrogen-bond donors (Lipinski definition) is 1. The number of carbonyl (C=O) groups excluding carboxylic acids is 3. The lowest BCUT2D eigenvalue weighted by atomic mass is 10.2. The molecule has 0 saturated carbocycles. The molecule has 2 aliphatic rings. The summed E-state index contributed by atoms with van der Waals surface area (Å²) in [5.74, 6) is 0.126. The number of rotatable bonds is 5. The van der Waals surface area contributed by atoms with Crippen LogP contribution in [0.5, 0.6) is 0 Å². The lowest BCUT2D eigenvalue weighted by molar-refractivity contribution is -0.138. The molecular formula is C16H21N3O5. The molecular weight excluding hydrogens is 314 g/mol. The van der Waals surface area contributed by atoms with E-state index in [2.05, 4.69) is 5.32 Å². The third-order valence-corrected chi connectivity index (χ3v) is 4.31. The number of furan rings is 1. The second-order valence-electron chi connectivity index (χ2n) is 5.87. The molecule has 130 valence electrons. The van der Waals surface area contributed by atoms with Crippen LogP contribution >= 0.6 is 0 Å². The summed E-state index contributed by atoms with van der Waals surface area (Å²) in [5.41, 5.74) is 0. The van der Waals surface area contributed by atoms with Gasteiger partial charge >= 0.3 is 0 Å². The summed E-state index contributed by atoms with van der Waals surface area (Å²) in [6, 6.07) is 2.95. The van der Waals surface area contributed by atoms with Crippen LogP contribution in [0.1, 0.15) is 18.6 Å². The van der Waals surface area contributed by atoms with Gasteiger partial charge in [-0.1, -0.05) is 0 Å².